The van der Waals surface area contributed by atoms with Crippen molar-refractivity contribution in [3.63, 3.8) is 0 Å². The second kappa shape index (κ2) is 9.11. The predicted molar refractivity (Wildman–Crippen MR) is 108 cm³/mol. The van der Waals surface area contributed by atoms with Crippen molar-refractivity contribution >= 4 is 5.91 Å². The van der Waals surface area contributed by atoms with Gasteiger partial charge in [-0.1, -0.05) is 36.8 Å². The molecule has 2 aliphatic rings. The molecule has 1 amide bonds. The van der Waals surface area contributed by atoms with Gasteiger partial charge in [-0.2, -0.15) is 0 Å². The fraction of sp³-hybridized carbons (Fsp3) is 0.435. The molecule has 0 spiro atoms. The Labute approximate surface area is 166 Å². The van der Waals surface area contributed by atoms with Crippen LogP contribution in [0.5, 0.6) is 11.5 Å². The quantitative estimate of drug-likeness (QED) is 0.797. The highest BCUT2D eigenvalue weighted by atomic mass is 16.7. The molecule has 0 aliphatic carbocycles. The summed E-state index contributed by atoms with van der Waals surface area (Å²) >= 11 is 0. The van der Waals surface area contributed by atoms with Crippen LogP contribution in [0.15, 0.2) is 42.5 Å². The van der Waals surface area contributed by atoms with E-state index in [0.717, 1.165) is 23.6 Å². The van der Waals surface area contributed by atoms with E-state index in [1.54, 1.807) is 0 Å². The van der Waals surface area contributed by atoms with Crippen LogP contribution in [0.3, 0.4) is 0 Å². The number of fused-ring (bicyclic) bond motifs is 1. The molecule has 28 heavy (non-hydrogen) atoms. The second-order valence-corrected chi connectivity index (χ2v) is 7.57. The average molecular weight is 380 g/mol. The molecule has 0 saturated carbocycles. The van der Waals surface area contributed by atoms with Crippen LogP contribution in [-0.2, 0) is 24.3 Å². The number of piperidine rings is 1. The second-order valence-electron chi connectivity index (χ2n) is 7.57. The number of benzene rings is 2. The molecule has 1 N–H and O–H groups in total. The number of carbonyl (C=O) groups excluding carboxylic acids is 1. The molecule has 2 aromatic carbocycles. The summed E-state index contributed by atoms with van der Waals surface area (Å²) in [4.78, 5) is 14.9. The molecule has 4 rings (SSSR count). The smallest absolute Gasteiger partial charge is 0.231 e. The van der Waals surface area contributed by atoms with Crippen molar-refractivity contribution in [2.45, 2.75) is 45.2 Å². The first-order chi connectivity index (χ1) is 13.8. The lowest BCUT2D eigenvalue weighted by Gasteiger charge is -2.27. The van der Waals surface area contributed by atoms with E-state index in [4.69, 9.17) is 9.47 Å². The largest absolute Gasteiger partial charge is 0.454 e. The summed E-state index contributed by atoms with van der Waals surface area (Å²) < 4.78 is 10.7. The Bertz CT molecular complexity index is 815. The fourth-order valence-corrected chi connectivity index (χ4v) is 3.88. The lowest BCUT2D eigenvalue weighted by atomic mass is 10.0. The van der Waals surface area contributed by atoms with Crippen molar-refractivity contribution < 1.29 is 14.3 Å². The van der Waals surface area contributed by atoms with Crippen LogP contribution in [-0.4, -0.2) is 30.7 Å². The van der Waals surface area contributed by atoms with Crippen LogP contribution in [0, 0.1) is 0 Å². The fourth-order valence-electron chi connectivity index (χ4n) is 3.88. The Morgan fingerprint density at radius 1 is 0.964 bits per heavy atom. The van der Waals surface area contributed by atoms with Gasteiger partial charge in [0.1, 0.15) is 0 Å². The minimum Gasteiger partial charge on any atom is -0.454 e. The number of nitrogens with zero attached hydrogens (tertiary/aromatic N) is 1. The van der Waals surface area contributed by atoms with Crippen LogP contribution in [0.1, 0.15) is 42.4 Å². The van der Waals surface area contributed by atoms with Gasteiger partial charge in [0.15, 0.2) is 11.5 Å². The standard InChI is InChI=1S/C23H28N2O3/c26-23(11-9-18-8-10-21-22(14-18)28-17-27-21)24-15-19-6-2-3-7-20(19)16-25-12-4-1-5-13-25/h2-3,6-8,10,14H,1,4-5,9,11-13,15-17H2,(H,24,26). The van der Waals surface area contributed by atoms with E-state index in [-0.39, 0.29) is 12.7 Å². The summed E-state index contributed by atoms with van der Waals surface area (Å²) in [5, 5.41) is 3.09. The molecular weight excluding hydrogens is 352 g/mol. The van der Waals surface area contributed by atoms with E-state index in [1.165, 1.54) is 43.5 Å². The summed E-state index contributed by atoms with van der Waals surface area (Å²) in [6, 6.07) is 14.3. The van der Waals surface area contributed by atoms with Crippen LogP contribution in [0.25, 0.3) is 0 Å². The Balaban J connectivity index is 1.27. The van der Waals surface area contributed by atoms with E-state index in [2.05, 4.69) is 28.4 Å². The maximum atomic E-state index is 12.3. The summed E-state index contributed by atoms with van der Waals surface area (Å²) in [6.45, 7) is 4.19. The zero-order valence-corrected chi connectivity index (χ0v) is 16.3. The van der Waals surface area contributed by atoms with Crippen LogP contribution >= 0.6 is 0 Å². The number of hydrogen-bond acceptors (Lipinski definition) is 4. The highest BCUT2D eigenvalue weighted by molar-refractivity contribution is 5.76. The number of carbonyl (C=O) groups is 1. The lowest BCUT2D eigenvalue weighted by Crippen LogP contribution is -2.30. The molecule has 1 fully saturated rings. The number of ether oxygens (including phenoxy) is 2. The third kappa shape index (κ3) is 4.84. The summed E-state index contributed by atoms with van der Waals surface area (Å²) in [6.07, 6.45) is 5.08. The van der Waals surface area contributed by atoms with Crippen molar-refractivity contribution in [3.8, 4) is 11.5 Å². The number of likely N-dealkylation sites (tertiary alicyclic amines) is 1. The summed E-state index contributed by atoms with van der Waals surface area (Å²) in [5.41, 5.74) is 3.62. The normalized spacial score (nSPS) is 16.1. The molecule has 0 atom stereocenters. The predicted octanol–water partition coefficient (Wildman–Crippen LogP) is 3.65. The summed E-state index contributed by atoms with van der Waals surface area (Å²) in [7, 11) is 0. The minimum atomic E-state index is 0.0745. The van der Waals surface area contributed by atoms with Gasteiger partial charge in [0.05, 0.1) is 0 Å². The first-order valence-electron chi connectivity index (χ1n) is 10.2. The van der Waals surface area contributed by atoms with Crippen molar-refractivity contribution in [1.29, 1.82) is 0 Å². The molecule has 0 bridgehead atoms. The molecule has 2 heterocycles. The molecule has 0 radical (unpaired) electrons. The van der Waals surface area contributed by atoms with Gasteiger partial charge in [-0.05, 0) is 61.2 Å². The zero-order valence-electron chi connectivity index (χ0n) is 16.3. The van der Waals surface area contributed by atoms with Gasteiger partial charge in [-0.25, -0.2) is 0 Å². The molecular formula is C23H28N2O3. The van der Waals surface area contributed by atoms with Crippen LogP contribution in [0.2, 0.25) is 0 Å². The zero-order chi connectivity index (χ0) is 19.2. The number of nitrogens with one attached hydrogen (secondary N) is 1. The van der Waals surface area contributed by atoms with Gasteiger partial charge in [-0.15, -0.1) is 0 Å². The molecule has 2 aromatic rings. The maximum absolute atomic E-state index is 12.3. The monoisotopic (exact) mass is 380 g/mol. The summed E-state index contributed by atoms with van der Waals surface area (Å²) in [5.74, 6) is 1.62. The van der Waals surface area contributed by atoms with E-state index in [1.807, 2.05) is 24.3 Å². The number of amides is 1. The molecule has 0 aromatic heterocycles. The van der Waals surface area contributed by atoms with Gasteiger partial charge in [0.2, 0.25) is 12.7 Å². The maximum Gasteiger partial charge on any atom is 0.231 e. The molecule has 2 aliphatic heterocycles. The van der Waals surface area contributed by atoms with Gasteiger partial charge < -0.3 is 14.8 Å². The highest BCUT2D eigenvalue weighted by Gasteiger charge is 2.15. The van der Waals surface area contributed by atoms with E-state index in [9.17, 15) is 4.79 Å². The van der Waals surface area contributed by atoms with Crippen molar-refractivity contribution in [3.05, 3.63) is 59.2 Å². The Hall–Kier alpha value is -2.53. The molecule has 148 valence electrons. The first-order valence-corrected chi connectivity index (χ1v) is 10.2. The van der Waals surface area contributed by atoms with E-state index >= 15 is 0 Å². The number of aryl methyl sites for hydroxylation is 1. The van der Waals surface area contributed by atoms with Gasteiger partial charge in [0, 0.05) is 19.5 Å². The van der Waals surface area contributed by atoms with Crippen molar-refractivity contribution in [2.24, 2.45) is 0 Å². The average Bonchev–Trinajstić information content (AvgIpc) is 3.20. The Morgan fingerprint density at radius 2 is 1.75 bits per heavy atom. The van der Waals surface area contributed by atoms with Crippen molar-refractivity contribution in [2.75, 3.05) is 19.9 Å². The molecule has 5 nitrogen and oxygen atoms in total. The number of hydrogen-bond donors (Lipinski definition) is 1. The highest BCUT2D eigenvalue weighted by Crippen LogP contribution is 2.32. The van der Waals surface area contributed by atoms with Gasteiger partial charge >= 0.3 is 0 Å². The molecule has 0 unspecified atom stereocenters. The lowest BCUT2D eigenvalue weighted by molar-refractivity contribution is -0.121. The Kier molecular flexibility index (Phi) is 6.12. The SMILES string of the molecule is O=C(CCc1ccc2c(c1)OCO2)NCc1ccccc1CN1CCCCC1. The third-order valence-corrected chi connectivity index (χ3v) is 5.51. The molecule has 1 saturated heterocycles. The minimum absolute atomic E-state index is 0.0745. The van der Waals surface area contributed by atoms with Crippen LogP contribution in [0.4, 0.5) is 0 Å². The third-order valence-electron chi connectivity index (χ3n) is 5.51. The topological polar surface area (TPSA) is 50.8 Å². The Morgan fingerprint density at radius 3 is 2.61 bits per heavy atom. The number of rotatable bonds is 7. The van der Waals surface area contributed by atoms with Gasteiger partial charge in [0.25, 0.3) is 0 Å². The first kappa shape index (κ1) is 18.8. The van der Waals surface area contributed by atoms with Crippen molar-refractivity contribution in [1.82, 2.24) is 10.2 Å². The van der Waals surface area contributed by atoms with Crippen LogP contribution < -0.4 is 14.8 Å². The van der Waals surface area contributed by atoms with Gasteiger partial charge in [-0.3, -0.25) is 9.69 Å². The van der Waals surface area contributed by atoms with E-state index in [0.29, 0.717) is 19.4 Å². The molecule has 5 heteroatoms. The van der Waals surface area contributed by atoms with E-state index < -0.39 is 0 Å².